The normalized spacial score (nSPS) is 17.1. The summed E-state index contributed by atoms with van der Waals surface area (Å²) < 4.78 is 5.31. The lowest BCUT2D eigenvalue weighted by Gasteiger charge is -2.27. The van der Waals surface area contributed by atoms with E-state index in [-0.39, 0.29) is 36.9 Å². The number of hydrogen-bond acceptors (Lipinski definition) is 4. The van der Waals surface area contributed by atoms with Gasteiger partial charge in [0.2, 0.25) is 5.91 Å². The van der Waals surface area contributed by atoms with Gasteiger partial charge in [-0.3, -0.25) is 14.4 Å². The molecule has 0 aliphatic carbocycles. The highest BCUT2D eigenvalue weighted by Crippen LogP contribution is 2.29. The number of esters is 1. The number of carbonyl (C=O) groups is 3. The zero-order chi connectivity index (χ0) is 21.7. The van der Waals surface area contributed by atoms with E-state index in [1.165, 1.54) is 0 Å². The SMILES string of the molecule is CC(C)N(C(=O)COC(=O)[C@H]1CC(=O)N([C@@H](C)c2ccccc2)C1)c1ccccc1. The summed E-state index contributed by atoms with van der Waals surface area (Å²) >= 11 is 0. The van der Waals surface area contributed by atoms with Crippen LogP contribution in [0.4, 0.5) is 5.69 Å². The van der Waals surface area contributed by atoms with E-state index in [2.05, 4.69) is 0 Å². The molecule has 30 heavy (non-hydrogen) atoms. The maximum absolute atomic E-state index is 12.7. The summed E-state index contributed by atoms with van der Waals surface area (Å²) in [5.41, 5.74) is 1.78. The second-order valence-electron chi connectivity index (χ2n) is 7.83. The molecule has 0 aromatic heterocycles. The summed E-state index contributed by atoms with van der Waals surface area (Å²) in [6.45, 7) is 5.72. The Labute approximate surface area is 177 Å². The molecule has 2 aromatic rings. The third kappa shape index (κ3) is 4.87. The average Bonchev–Trinajstić information content (AvgIpc) is 3.14. The number of ether oxygens (including phenoxy) is 1. The minimum absolute atomic E-state index is 0.0751. The molecule has 158 valence electrons. The fraction of sp³-hybridized carbons (Fsp3) is 0.375. The van der Waals surface area contributed by atoms with Crippen LogP contribution in [0.25, 0.3) is 0 Å². The van der Waals surface area contributed by atoms with Crippen LogP contribution in [0.5, 0.6) is 0 Å². The molecule has 0 unspecified atom stereocenters. The van der Waals surface area contributed by atoms with Crippen molar-refractivity contribution in [1.82, 2.24) is 4.90 Å². The van der Waals surface area contributed by atoms with Gasteiger partial charge in [0, 0.05) is 24.7 Å². The highest BCUT2D eigenvalue weighted by molar-refractivity contribution is 5.96. The molecule has 2 amide bonds. The van der Waals surface area contributed by atoms with Crippen LogP contribution in [0.3, 0.4) is 0 Å². The Morgan fingerprint density at radius 1 is 1.03 bits per heavy atom. The van der Waals surface area contributed by atoms with Crippen LogP contribution in [0.15, 0.2) is 60.7 Å². The maximum atomic E-state index is 12.7. The van der Waals surface area contributed by atoms with Crippen molar-refractivity contribution in [1.29, 1.82) is 0 Å². The Balaban J connectivity index is 1.58. The van der Waals surface area contributed by atoms with Crippen molar-refractivity contribution in [3.63, 3.8) is 0 Å². The van der Waals surface area contributed by atoms with Gasteiger partial charge in [0.15, 0.2) is 6.61 Å². The Morgan fingerprint density at radius 3 is 2.23 bits per heavy atom. The van der Waals surface area contributed by atoms with Gasteiger partial charge >= 0.3 is 5.97 Å². The summed E-state index contributed by atoms with van der Waals surface area (Å²) in [5, 5.41) is 0. The monoisotopic (exact) mass is 408 g/mol. The van der Waals surface area contributed by atoms with E-state index in [4.69, 9.17) is 4.74 Å². The molecule has 0 saturated carbocycles. The Kier molecular flexibility index (Phi) is 6.87. The summed E-state index contributed by atoms with van der Waals surface area (Å²) in [6, 6.07) is 18.8. The Bertz CT molecular complexity index is 883. The number of rotatable bonds is 7. The van der Waals surface area contributed by atoms with E-state index in [1.807, 2.05) is 81.4 Å². The van der Waals surface area contributed by atoms with Crippen LogP contribution >= 0.6 is 0 Å². The molecular weight excluding hydrogens is 380 g/mol. The first kappa shape index (κ1) is 21.6. The lowest BCUT2D eigenvalue weighted by atomic mass is 10.1. The summed E-state index contributed by atoms with van der Waals surface area (Å²) in [5.74, 6) is -1.42. The number of amides is 2. The largest absolute Gasteiger partial charge is 0.455 e. The zero-order valence-electron chi connectivity index (χ0n) is 17.7. The predicted molar refractivity (Wildman–Crippen MR) is 115 cm³/mol. The highest BCUT2D eigenvalue weighted by Gasteiger charge is 2.38. The van der Waals surface area contributed by atoms with E-state index >= 15 is 0 Å². The van der Waals surface area contributed by atoms with E-state index in [9.17, 15) is 14.4 Å². The molecule has 6 heteroatoms. The van der Waals surface area contributed by atoms with Crippen LogP contribution in [0, 0.1) is 5.92 Å². The minimum atomic E-state index is -0.555. The molecule has 1 saturated heterocycles. The number of hydrogen-bond donors (Lipinski definition) is 0. The second kappa shape index (κ2) is 9.57. The third-order valence-electron chi connectivity index (χ3n) is 5.40. The van der Waals surface area contributed by atoms with Gasteiger partial charge in [-0.25, -0.2) is 0 Å². The summed E-state index contributed by atoms with van der Waals surface area (Å²) in [4.78, 5) is 41.0. The molecule has 0 radical (unpaired) electrons. The van der Waals surface area contributed by atoms with Gasteiger partial charge in [-0.05, 0) is 38.5 Å². The van der Waals surface area contributed by atoms with Crippen molar-refractivity contribution in [2.75, 3.05) is 18.1 Å². The van der Waals surface area contributed by atoms with Crippen LogP contribution in [-0.4, -0.2) is 41.9 Å². The van der Waals surface area contributed by atoms with Gasteiger partial charge in [0.1, 0.15) is 0 Å². The van der Waals surface area contributed by atoms with Crippen molar-refractivity contribution >= 4 is 23.5 Å². The lowest BCUT2D eigenvalue weighted by Crippen LogP contribution is -2.40. The number of anilines is 1. The zero-order valence-corrected chi connectivity index (χ0v) is 17.7. The number of carbonyl (C=O) groups excluding carboxylic acids is 3. The molecule has 6 nitrogen and oxygen atoms in total. The van der Waals surface area contributed by atoms with Crippen LogP contribution in [0.2, 0.25) is 0 Å². The minimum Gasteiger partial charge on any atom is -0.455 e. The third-order valence-corrected chi connectivity index (χ3v) is 5.40. The first-order valence-corrected chi connectivity index (χ1v) is 10.3. The topological polar surface area (TPSA) is 66.9 Å². The van der Waals surface area contributed by atoms with E-state index in [0.717, 1.165) is 11.3 Å². The standard InChI is InChI=1S/C24H28N2O4/c1-17(2)26(21-12-8-5-9-13-21)23(28)16-30-24(29)20-14-22(27)25(15-20)18(3)19-10-6-4-7-11-19/h4-13,17-18,20H,14-16H2,1-3H3/t18-,20-/m0/s1. The van der Waals surface area contributed by atoms with Gasteiger partial charge in [-0.15, -0.1) is 0 Å². The van der Waals surface area contributed by atoms with E-state index in [1.54, 1.807) is 9.80 Å². The molecule has 3 rings (SSSR count). The van der Waals surface area contributed by atoms with Crippen molar-refractivity contribution in [3.8, 4) is 0 Å². The smallest absolute Gasteiger partial charge is 0.311 e. The fourth-order valence-electron chi connectivity index (χ4n) is 3.81. The highest BCUT2D eigenvalue weighted by atomic mass is 16.5. The quantitative estimate of drug-likeness (QED) is 0.657. The molecule has 1 aliphatic heterocycles. The molecule has 2 atom stereocenters. The Morgan fingerprint density at radius 2 is 1.63 bits per heavy atom. The van der Waals surface area contributed by atoms with E-state index in [0.29, 0.717) is 6.54 Å². The number of nitrogens with zero attached hydrogens (tertiary/aromatic N) is 2. The number of para-hydroxylation sites is 1. The van der Waals surface area contributed by atoms with Crippen molar-refractivity contribution in [2.45, 2.75) is 39.3 Å². The number of benzene rings is 2. The predicted octanol–water partition coefficient (Wildman–Crippen LogP) is 3.58. The van der Waals surface area contributed by atoms with Crippen molar-refractivity contribution in [3.05, 3.63) is 66.2 Å². The fourth-order valence-corrected chi connectivity index (χ4v) is 3.81. The molecular formula is C24H28N2O4. The molecule has 1 heterocycles. The summed E-state index contributed by atoms with van der Waals surface area (Å²) in [7, 11) is 0. The van der Waals surface area contributed by atoms with Gasteiger partial charge in [-0.2, -0.15) is 0 Å². The van der Waals surface area contributed by atoms with Crippen molar-refractivity contribution < 1.29 is 19.1 Å². The molecule has 0 spiro atoms. The van der Waals surface area contributed by atoms with Crippen molar-refractivity contribution in [2.24, 2.45) is 5.92 Å². The summed E-state index contributed by atoms with van der Waals surface area (Å²) in [6.07, 6.45) is 0.108. The van der Waals surface area contributed by atoms with Crippen LogP contribution in [-0.2, 0) is 19.1 Å². The molecule has 1 fully saturated rings. The Hall–Kier alpha value is -3.15. The molecule has 1 aliphatic rings. The van der Waals surface area contributed by atoms with Gasteiger partial charge in [0.25, 0.3) is 5.91 Å². The average molecular weight is 408 g/mol. The van der Waals surface area contributed by atoms with Gasteiger partial charge in [-0.1, -0.05) is 48.5 Å². The van der Waals surface area contributed by atoms with Gasteiger partial charge in [0.05, 0.1) is 12.0 Å². The number of likely N-dealkylation sites (tertiary alicyclic amines) is 1. The first-order chi connectivity index (χ1) is 14.4. The molecule has 0 bridgehead atoms. The second-order valence-corrected chi connectivity index (χ2v) is 7.83. The molecule has 2 aromatic carbocycles. The lowest BCUT2D eigenvalue weighted by molar-refractivity contribution is -0.151. The van der Waals surface area contributed by atoms with E-state index < -0.39 is 11.9 Å². The molecule has 0 N–H and O–H groups in total. The van der Waals surface area contributed by atoms with Gasteiger partial charge < -0.3 is 14.5 Å². The van der Waals surface area contributed by atoms with Crippen LogP contribution < -0.4 is 4.90 Å². The van der Waals surface area contributed by atoms with Crippen LogP contribution in [0.1, 0.15) is 38.8 Å². The first-order valence-electron chi connectivity index (χ1n) is 10.3. The maximum Gasteiger partial charge on any atom is 0.311 e.